The van der Waals surface area contributed by atoms with Crippen LogP contribution in [0.3, 0.4) is 0 Å². The number of fused-ring (bicyclic) bond motifs is 2. The lowest BCUT2D eigenvalue weighted by atomic mass is 9.96. The van der Waals surface area contributed by atoms with E-state index in [1.54, 1.807) is 57.2 Å². The van der Waals surface area contributed by atoms with E-state index in [9.17, 15) is 19.2 Å². The Labute approximate surface area is 212 Å². The average Bonchev–Trinajstić information content (AvgIpc) is 2.90. The summed E-state index contributed by atoms with van der Waals surface area (Å²) in [6, 6.07) is 20.7. The van der Waals surface area contributed by atoms with Crippen LogP contribution in [0.25, 0.3) is 22.3 Å². The van der Waals surface area contributed by atoms with E-state index in [0.29, 0.717) is 28.3 Å². The van der Waals surface area contributed by atoms with Crippen LogP contribution < -0.4 is 15.6 Å². The number of benzene rings is 3. The summed E-state index contributed by atoms with van der Waals surface area (Å²) < 4.78 is 11.5. The van der Waals surface area contributed by atoms with E-state index in [1.165, 1.54) is 11.0 Å². The molecule has 0 spiro atoms. The zero-order chi connectivity index (χ0) is 26.3. The molecule has 0 radical (unpaired) electrons. The molecule has 0 atom stereocenters. The highest BCUT2D eigenvalue weighted by atomic mass is 16.5. The molecule has 4 aromatic rings. The van der Waals surface area contributed by atoms with Gasteiger partial charge in [-0.1, -0.05) is 48.5 Å². The van der Waals surface area contributed by atoms with Crippen LogP contribution in [0.5, 0.6) is 0 Å². The lowest BCUT2D eigenvalue weighted by Crippen LogP contribution is -2.59. The Morgan fingerprint density at radius 3 is 2.41 bits per heavy atom. The van der Waals surface area contributed by atoms with Gasteiger partial charge in [-0.3, -0.25) is 19.3 Å². The fourth-order valence-corrected chi connectivity index (χ4v) is 4.50. The van der Waals surface area contributed by atoms with Crippen LogP contribution in [0.2, 0.25) is 0 Å². The van der Waals surface area contributed by atoms with Crippen LogP contribution in [0.1, 0.15) is 29.8 Å². The van der Waals surface area contributed by atoms with E-state index in [4.69, 9.17) is 9.15 Å². The summed E-state index contributed by atoms with van der Waals surface area (Å²) in [4.78, 5) is 53.4. The van der Waals surface area contributed by atoms with Crippen molar-refractivity contribution in [2.45, 2.75) is 26.3 Å². The molecule has 2 heterocycles. The maximum atomic E-state index is 13.3. The van der Waals surface area contributed by atoms with Gasteiger partial charge in [0.2, 0.25) is 5.91 Å². The van der Waals surface area contributed by atoms with E-state index in [1.807, 2.05) is 30.3 Å². The Morgan fingerprint density at radius 1 is 0.946 bits per heavy atom. The monoisotopic (exact) mass is 496 g/mol. The van der Waals surface area contributed by atoms with E-state index < -0.39 is 24.0 Å². The van der Waals surface area contributed by atoms with Crippen molar-refractivity contribution in [3.05, 3.63) is 94.1 Å². The molecule has 186 valence electrons. The van der Waals surface area contributed by atoms with Gasteiger partial charge < -0.3 is 14.5 Å². The topological polar surface area (TPSA) is 106 Å². The first kappa shape index (κ1) is 24.0. The number of hydrogen-bond donors (Lipinski definition) is 1. The summed E-state index contributed by atoms with van der Waals surface area (Å²) in [6.07, 6.45) is 0. The van der Waals surface area contributed by atoms with Crippen molar-refractivity contribution in [3.8, 4) is 11.3 Å². The number of carbonyl (C=O) groups is 3. The van der Waals surface area contributed by atoms with Crippen molar-refractivity contribution < 1.29 is 23.5 Å². The van der Waals surface area contributed by atoms with Crippen molar-refractivity contribution in [3.63, 3.8) is 0 Å². The third kappa shape index (κ3) is 4.06. The number of esters is 1. The van der Waals surface area contributed by atoms with Gasteiger partial charge in [0, 0.05) is 11.1 Å². The molecule has 1 aliphatic heterocycles. The molecule has 37 heavy (non-hydrogen) atoms. The SMILES string of the molecule is Cc1c(-c2ccccc2)oc2c(C(=O)OCC(=O)N3c4ccccc4NC(=O)C3(C)C)cccc2c1=O. The summed E-state index contributed by atoms with van der Waals surface area (Å²) in [5.41, 5.74) is 0.756. The van der Waals surface area contributed by atoms with Gasteiger partial charge in [-0.15, -0.1) is 0 Å². The minimum atomic E-state index is -1.20. The fourth-order valence-electron chi connectivity index (χ4n) is 4.50. The zero-order valence-corrected chi connectivity index (χ0v) is 20.5. The highest BCUT2D eigenvalue weighted by molar-refractivity contribution is 6.14. The predicted octanol–water partition coefficient (Wildman–Crippen LogP) is 4.69. The molecule has 8 nitrogen and oxygen atoms in total. The molecule has 0 unspecified atom stereocenters. The van der Waals surface area contributed by atoms with Gasteiger partial charge in [-0.25, -0.2) is 4.79 Å². The van der Waals surface area contributed by atoms with Gasteiger partial charge in [0.15, 0.2) is 17.6 Å². The molecule has 3 aromatic carbocycles. The molecule has 0 bridgehead atoms. The highest BCUT2D eigenvalue weighted by Crippen LogP contribution is 2.36. The summed E-state index contributed by atoms with van der Waals surface area (Å²) in [5.74, 6) is -1.39. The standard InChI is InChI=1S/C29H24N2O6/c1-17-24(33)19-12-9-13-20(26(19)37-25(17)18-10-5-4-6-11-18)27(34)36-16-23(32)31-22-15-8-7-14-21(22)30-28(35)29(31,2)3/h4-15H,16H2,1-3H3,(H,30,35). The maximum Gasteiger partial charge on any atom is 0.342 e. The van der Waals surface area contributed by atoms with Crippen molar-refractivity contribution >= 4 is 40.1 Å². The van der Waals surface area contributed by atoms with Gasteiger partial charge in [0.25, 0.3) is 5.91 Å². The minimum Gasteiger partial charge on any atom is -0.455 e. The molecule has 2 amide bonds. The number of nitrogens with zero attached hydrogens (tertiary/aromatic N) is 1. The van der Waals surface area contributed by atoms with E-state index in [0.717, 1.165) is 0 Å². The third-order valence-corrected chi connectivity index (χ3v) is 6.48. The van der Waals surface area contributed by atoms with E-state index in [2.05, 4.69) is 5.32 Å². The van der Waals surface area contributed by atoms with E-state index >= 15 is 0 Å². The highest BCUT2D eigenvalue weighted by Gasteiger charge is 2.43. The second-order valence-electron chi connectivity index (χ2n) is 9.27. The molecule has 8 heteroatoms. The number of hydrogen-bond acceptors (Lipinski definition) is 6. The summed E-state index contributed by atoms with van der Waals surface area (Å²) >= 11 is 0. The first-order valence-electron chi connectivity index (χ1n) is 11.7. The molecule has 0 fully saturated rings. The molecular formula is C29H24N2O6. The first-order chi connectivity index (χ1) is 17.7. The summed E-state index contributed by atoms with van der Waals surface area (Å²) in [5, 5.41) is 3.03. The molecule has 0 saturated heterocycles. The fraction of sp³-hybridized carbons (Fsp3) is 0.172. The molecule has 5 rings (SSSR count). The third-order valence-electron chi connectivity index (χ3n) is 6.48. The molecule has 1 N–H and O–H groups in total. The molecule has 0 aliphatic carbocycles. The van der Waals surface area contributed by atoms with Gasteiger partial charge in [-0.05, 0) is 45.0 Å². The number of rotatable bonds is 4. The molecule has 1 aliphatic rings. The van der Waals surface area contributed by atoms with Gasteiger partial charge in [0.1, 0.15) is 16.9 Å². The summed E-state index contributed by atoms with van der Waals surface area (Å²) in [6.45, 7) is 4.29. The molecular weight excluding hydrogens is 472 g/mol. The Kier molecular flexibility index (Phi) is 5.87. The van der Waals surface area contributed by atoms with E-state index in [-0.39, 0.29) is 27.9 Å². The normalized spacial score (nSPS) is 14.1. The Morgan fingerprint density at radius 2 is 1.65 bits per heavy atom. The Hall–Kier alpha value is -4.72. The number of nitrogens with one attached hydrogen (secondary N) is 1. The van der Waals surface area contributed by atoms with Crippen LogP contribution in [-0.4, -0.2) is 29.9 Å². The van der Waals surface area contributed by atoms with Crippen molar-refractivity contribution in [2.24, 2.45) is 0 Å². The van der Waals surface area contributed by atoms with Crippen LogP contribution >= 0.6 is 0 Å². The Balaban J connectivity index is 1.47. The van der Waals surface area contributed by atoms with Crippen LogP contribution in [-0.2, 0) is 14.3 Å². The quantitative estimate of drug-likeness (QED) is 0.411. The van der Waals surface area contributed by atoms with Crippen LogP contribution in [0.4, 0.5) is 11.4 Å². The average molecular weight is 497 g/mol. The lowest BCUT2D eigenvalue weighted by molar-refractivity contribution is -0.128. The van der Waals surface area contributed by atoms with Gasteiger partial charge in [0.05, 0.1) is 16.8 Å². The van der Waals surface area contributed by atoms with Gasteiger partial charge >= 0.3 is 5.97 Å². The van der Waals surface area contributed by atoms with Crippen LogP contribution in [0.15, 0.2) is 82.0 Å². The summed E-state index contributed by atoms with van der Waals surface area (Å²) in [7, 11) is 0. The second kappa shape index (κ2) is 9.05. The smallest absolute Gasteiger partial charge is 0.342 e. The van der Waals surface area contributed by atoms with Crippen molar-refractivity contribution in [1.82, 2.24) is 0 Å². The van der Waals surface area contributed by atoms with Crippen LogP contribution in [0, 0.1) is 6.92 Å². The molecule has 0 saturated carbocycles. The molecule has 1 aromatic heterocycles. The van der Waals surface area contributed by atoms with Crippen molar-refractivity contribution in [1.29, 1.82) is 0 Å². The largest absolute Gasteiger partial charge is 0.455 e. The zero-order valence-electron chi connectivity index (χ0n) is 20.5. The minimum absolute atomic E-state index is 0.0237. The number of amides is 2. The maximum absolute atomic E-state index is 13.3. The Bertz CT molecular complexity index is 1620. The van der Waals surface area contributed by atoms with Gasteiger partial charge in [-0.2, -0.15) is 0 Å². The number of anilines is 2. The number of carbonyl (C=O) groups excluding carboxylic acids is 3. The number of para-hydroxylation sites is 3. The predicted molar refractivity (Wildman–Crippen MR) is 140 cm³/mol. The first-order valence-corrected chi connectivity index (χ1v) is 11.7. The van der Waals surface area contributed by atoms with Crippen molar-refractivity contribution in [2.75, 3.05) is 16.8 Å². The number of ether oxygens (including phenoxy) is 1. The lowest BCUT2D eigenvalue weighted by Gasteiger charge is -2.41. The second-order valence-corrected chi connectivity index (χ2v) is 9.27.